The Labute approximate surface area is 54.7 Å². The van der Waals surface area contributed by atoms with Gasteiger partial charge in [0.05, 0.1) is 0 Å². The first-order valence-electron chi connectivity index (χ1n) is 0.936. The third-order valence-corrected chi connectivity index (χ3v) is 0. The minimum absolute atomic E-state index is 1.75. The van der Waals surface area contributed by atoms with Gasteiger partial charge >= 0.3 is 30.6 Å². The predicted molar refractivity (Wildman–Crippen MR) is 28.4 cm³/mol. The maximum absolute atomic E-state index is 2.79. The summed E-state index contributed by atoms with van der Waals surface area (Å²) in [4.78, 5) is 0. The van der Waals surface area contributed by atoms with Crippen LogP contribution in [0, 0.1) is 0 Å². The van der Waals surface area contributed by atoms with Crippen LogP contribution in [0.4, 0.5) is 0 Å². The molecule has 0 aliphatic carbocycles. The molecule has 0 aromatic rings. The second-order valence-electron chi connectivity index (χ2n) is 0.408. The van der Waals surface area contributed by atoms with Gasteiger partial charge in [0, 0.05) is 0 Å². The van der Waals surface area contributed by atoms with E-state index >= 15 is 0 Å². The summed E-state index contributed by atoms with van der Waals surface area (Å²) in [7, 11) is 0. The SMILES string of the molecule is CSC.[Br][Pd]. The minimum atomic E-state index is 1.75. The van der Waals surface area contributed by atoms with Gasteiger partial charge in [0.1, 0.15) is 0 Å². The Hall–Kier alpha value is 1.49. The van der Waals surface area contributed by atoms with Crippen molar-refractivity contribution in [2.45, 2.75) is 0 Å². The van der Waals surface area contributed by atoms with Crippen molar-refractivity contribution in [3.8, 4) is 0 Å². The van der Waals surface area contributed by atoms with Gasteiger partial charge in [-0.3, -0.25) is 0 Å². The zero-order valence-electron chi connectivity index (χ0n) is 3.10. The standard InChI is InChI=1S/C2H6S.BrH.Pd/c1-3-2;;/h1-2H3;1H;/q;;+1/p-1. The Balaban J connectivity index is 0. The van der Waals surface area contributed by atoms with E-state index in [2.05, 4.69) is 30.6 Å². The number of hydrogen-bond donors (Lipinski definition) is 0. The molecule has 0 aromatic heterocycles. The predicted octanol–water partition coefficient (Wildman–Crippen LogP) is 1.82. The van der Waals surface area contributed by atoms with E-state index in [1.165, 1.54) is 0 Å². The van der Waals surface area contributed by atoms with Gasteiger partial charge in [0.25, 0.3) is 0 Å². The molecule has 0 heterocycles. The monoisotopic (exact) mass is 247 g/mol. The van der Waals surface area contributed by atoms with E-state index in [0.717, 1.165) is 0 Å². The Morgan fingerprint density at radius 2 is 1.40 bits per heavy atom. The topological polar surface area (TPSA) is 0 Å². The normalized spacial score (nSPS) is 5.00. The molecule has 0 rings (SSSR count). The first-order chi connectivity index (χ1) is 2.41. The maximum atomic E-state index is 2.79. The molecule has 0 radical (unpaired) electrons. The molecule has 0 saturated carbocycles. The molecule has 0 nitrogen and oxygen atoms in total. The van der Waals surface area contributed by atoms with Crippen LogP contribution < -0.4 is 0 Å². The van der Waals surface area contributed by atoms with Crippen molar-refractivity contribution in [2.24, 2.45) is 0 Å². The average molecular weight is 248 g/mol. The first kappa shape index (κ1) is 9.70. The van der Waals surface area contributed by atoms with E-state index in [0.29, 0.717) is 0 Å². The van der Waals surface area contributed by atoms with Gasteiger partial charge < -0.3 is 0 Å². The number of thioether (sulfide) groups is 1. The van der Waals surface area contributed by atoms with Crippen LogP contribution in [-0.2, 0) is 17.2 Å². The molecule has 0 aromatic carbocycles. The second kappa shape index (κ2) is 17.8. The van der Waals surface area contributed by atoms with Gasteiger partial charge in [-0.25, -0.2) is 0 Å². The number of hydrogen-bond acceptors (Lipinski definition) is 1. The summed E-state index contributed by atoms with van der Waals surface area (Å²) in [5, 5.41) is 0. The second-order valence-corrected chi connectivity index (χ2v) is 1.22. The van der Waals surface area contributed by atoms with Gasteiger partial charge in [-0.1, -0.05) is 0 Å². The molecular formula is C2H6BrPdS. The summed E-state index contributed by atoms with van der Waals surface area (Å²) >= 11 is 7.10. The molecule has 0 spiro atoms. The molecule has 3 heteroatoms. The Morgan fingerprint density at radius 3 is 1.40 bits per heavy atom. The summed E-state index contributed by atoms with van der Waals surface area (Å²) in [5.74, 6) is 0. The summed E-state index contributed by atoms with van der Waals surface area (Å²) in [6.45, 7) is 0. The van der Waals surface area contributed by atoms with E-state index < -0.39 is 0 Å². The summed E-state index contributed by atoms with van der Waals surface area (Å²) in [6, 6.07) is 0. The fourth-order valence-corrected chi connectivity index (χ4v) is 0. The van der Waals surface area contributed by atoms with Crippen LogP contribution in [0.1, 0.15) is 0 Å². The van der Waals surface area contributed by atoms with Crippen molar-refractivity contribution in [3.05, 3.63) is 0 Å². The fraction of sp³-hybridized carbons (Fsp3) is 1.00. The molecule has 0 fully saturated rings. The Kier molecular flexibility index (Phi) is 34.6. The van der Waals surface area contributed by atoms with Crippen molar-refractivity contribution in [1.29, 1.82) is 0 Å². The van der Waals surface area contributed by atoms with Crippen molar-refractivity contribution < 1.29 is 17.2 Å². The van der Waals surface area contributed by atoms with Crippen LogP contribution >= 0.6 is 25.2 Å². The van der Waals surface area contributed by atoms with Gasteiger partial charge in [0.2, 0.25) is 0 Å². The van der Waals surface area contributed by atoms with Gasteiger partial charge in [0.15, 0.2) is 0 Å². The number of halogens is 1. The third kappa shape index (κ3) is 30.1. The van der Waals surface area contributed by atoms with Crippen molar-refractivity contribution in [2.75, 3.05) is 12.5 Å². The van der Waals surface area contributed by atoms with Gasteiger partial charge in [-0.2, -0.15) is 11.8 Å². The summed E-state index contributed by atoms with van der Waals surface area (Å²) in [6.07, 6.45) is 4.08. The zero-order valence-corrected chi connectivity index (χ0v) is 7.06. The first-order valence-corrected chi connectivity index (χ1v) is 6.12. The van der Waals surface area contributed by atoms with E-state index in [9.17, 15) is 0 Å². The van der Waals surface area contributed by atoms with Gasteiger partial charge in [-0.05, 0) is 12.5 Å². The van der Waals surface area contributed by atoms with Crippen LogP contribution in [-0.4, -0.2) is 12.5 Å². The third-order valence-electron chi connectivity index (χ3n) is 0. The average Bonchev–Trinajstić information content (AvgIpc) is 1.46. The van der Waals surface area contributed by atoms with Crippen molar-refractivity contribution in [3.63, 3.8) is 0 Å². The molecular weight excluding hydrogens is 242 g/mol. The van der Waals surface area contributed by atoms with Crippen LogP contribution in [0.3, 0.4) is 0 Å². The summed E-state index contributed by atoms with van der Waals surface area (Å²) < 4.78 is 0. The molecule has 0 atom stereocenters. The molecule has 0 aliphatic heterocycles. The van der Waals surface area contributed by atoms with E-state index in [4.69, 9.17) is 0 Å². The van der Waals surface area contributed by atoms with Crippen LogP contribution in [0.25, 0.3) is 0 Å². The Bertz CT molecular complexity index is 9.61. The fourth-order valence-electron chi connectivity index (χ4n) is 0. The van der Waals surface area contributed by atoms with E-state index in [-0.39, 0.29) is 0 Å². The van der Waals surface area contributed by atoms with Crippen molar-refractivity contribution >= 4 is 25.2 Å². The quantitative estimate of drug-likeness (QED) is 0.589. The zero-order chi connectivity index (χ0) is 4.71. The summed E-state index contributed by atoms with van der Waals surface area (Å²) in [5.41, 5.74) is 0. The van der Waals surface area contributed by atoms with Gasteiger partial charge in [-0.15, -0.1) is 0 Å². The molecule has 0 unspecified atom stereocenters. The van der Waals surface area contributed by atoms with Crippen LogP contribution in [0.15, 0.2) is 0 Å². The molecule has 0 bridgehead atoms. The Morgan fingerprint density at radius 1 is 1.40 bits per heavy atom. The van der Waals surface area contributed by atoms with E-state index in [1.807, 2.05) is 12.5 Å². The molecule has 0 saturated heterocycles. The molecule has 0 amide bonds. The van der Waals surface area contributed by atoms with Crippen molar-refractivity contribution in [1.82, 2.24) is 0 Å². The van der Waals surface area contributed by atoms with E-state index in [1.54, 1.807) is 11.8 Å². The molecule has 0 aliphatic rings. The molecule has 0 N–H and O–H groups in total. The van der Waals surface area contributed by atoms with Crippen LogP contribution in [0.5, 0.6) is 0 Å². The molecule has 5 heavy (non-hydrogen) atoms. The molecule has 37 valence electrons. The number of rotatable bonds is 0. The van der Waals surface area contributed by atoms with Crippen LogP contribution in [0.2, 0.25) is 0 Å².